The normalized spacial score (nSPS) is 21.4. The molecule has 216 valence electrons. The van der Waals surface area contributed by atoms with Crippen LogP contribution in [0.3, 0.4) is 0 Å². The van der Waals surface area contributed by atoms with Crippen LogP contribution in [0.5, 0.6) is 5.75 Å². The van der Waals surface area contributed by atoms with Gasteiger partial charge in [-0.3, -0.25) is 24.1 Å². The molecular weight excluding hydrogens is 532 g/mol. The highest BCUT2D eigenvalue weighted by Gasteiger charge is 2.61. The molecule has 42 heavy (non-hydrogen) atoms. The molecular formula is C34H34N2O6. The zero-order valence-corrected chi connectivity index (χ0v) is 23.6. The predicted octanol–water partition coefficient (Wildman–Crippen LogP) is 5.02. The molecule has 2 atom stereocenters. The van der Waals surface area contributed by atoms with Crippen molar-refractivity contribution in [2.45, 2.75) is 44.4 Å². The summed E-state index contributed by atoms with van der Waals surface area (Å²) >= 11 is 0. The standard InChI is InChI=1S/C34H34N2O6/c1-2-41-22-17-15-21(16-18-22)35-27(37)20-42-28(38)14-4-3-9-19-36-33(39)31-29-23-10-5-6-11-24(23)30(32(31)34(36)40)26-13-8-7-12-25(26)29/h5-8,10-13,15-18,29-32H,2-4,9,14,19-20H2,1H3,(H,35,37)/t29?,30?,31-,32-/m0/s1. The molecule has 3 aromatic rings. The van der Waals surface area contributed by atoms with Crippen LogP contribution in [0.1, 0.15) is 66.7 Å². The lowest BCUT2D eigenvalue weighted by atomic mass is 9.55. The average Bonchev–Trinajstić information content (AvgIpc) is 3.26. The second-order valence-electron chi connectivity index (χ2n) is 11.1. The third kappa shape index (κ3) is 5.06. The average molecular weight is 567 g/mol. The van der Waals surface area contributed by atoms with E-state index in [9.17, 15) is 19.2 Å². The van der Waals surface area contributed by atoms with Crippen molar-refractivity contribution in [2.24, 2.45) is 11.8 Å². The van der Waals surface area contributed by atoms with E-state index in [2.05, 4.69) is 29.6 Å². The molecule has 7 rings (SSSR count). The molecule has 0 radical (unpaired) electrons. The summed E-state index contributed by atoms with van der Waals surface area (Å²) in [6, 6.07) is 23.4. The van der Waals surface area contributed by atoms with Gasteiger partial charge in [-0.1, -0.05) is 55.0 Å². The molecule has 1 heterocycles. The van der Waals surface area contributed by atoms with Gasteiger partial charge in [0.15, 0.2) is 6.61 Å². The molecule has 1 aliphatic heterocycles. The highest BCUT2D eigenvalue weighted by Crippen LogP contribution is 2.60. The molecule has 3 amide bonds. The van der Waals surface area contributed by atoms with E-state index < -0.39 is 11.9 Å². The largest absolute Gasteiger partial charge is 0.494 e. The highest BCUT2D eigenvalue weighted by molar-refractivity contribution is 6.07. The van der Waals surface area contributed by atoms with Gasteiger partial charge in [0.1, 0.15) is 5.75 Å². The second kappa shape index (κ2) is 11.8. The van der Waals surface area contributed by atoms with Gasteiger partial charge in [0.2, 0.25) is 11.8 Å². The molecule has 8 heteroatoms. The van der Waals surface area contributed by atoms with E-state index in [1.54, 1.807) is 24.3 Å². The fraction of sp³-hybridized carbons (Fsp3) is 0.353. The Hall–Kier alpha value is -4.46. The Bertz CT molecular complexity index is 1400. The minimum absolute atomic E-state index is 0.0815. The first kappa shape index (κ1) is 27.7. The van der Waals surface area contributed by atoms with E-state index in [0.717, 1.165) is 22.3 Å². The first-order valence-electron chi connectivity index (χ1n) is 14.7. The number of carbonyl (C=O) groups is 4. The first-order valence-corrected chi connectivity index (χ1v) is 14.7. The molecule has 0 spiro atoms. The molecule has 1 N–H and O–H groups in total. The van der Waals surface area contributed by atoms with Crippen molar-refractivity contribution >= 4 is 29.4 Å². The summed E-state index contributed by atoms with van der Waals surface area (Å²) in [5, 5.41) is 2.68. The maximum atomic E-state index is 13.6. The fourth-order valence-electron chi connectivity index (χ4n) is 6.89. The Morgan fingerprint density at radius 1 is 0.762 bits per heavy atom. The maximum absolute atomic E-state index is 13.6. The van der Waals surface area contributed by atoms with E-state index in [-0.39, 0.29) is 48.5 Å². The quantitative estimate of drug-likeness (QED) is 0.199. The Morgan fingerprint density at radius 2 is 1.31 bits per heavy atom. The third-order valence-corrected chi connectivity index (χ3v) is 8.62. The van der Waals surface area contributed by atoms with Gasteiger partial charge < -0.3 is 14.8 Å². The Morgan fingerprint density at radius 3 is 1.83 bits per heavy atom. The summed E-state index contributed by atoms with van der Waals surface area (Å²) in [5.74, 6) is -1.26. The first-order chi connectivity index (χ1) is 20.5. The van der Waals surface area contributed by atoms with E-state index in [4.69, 9.17) is 9.47 Å². The topological polar surface area (TPSA) is 102 Å². The minimum atomic E-state index is -0.455. The summed E-state index contributed by atoms with van der Waals surface area (Å²) in [7, 11) is 0. The molecule has 1 fully saturated rings. The molecule has 0 saturated carbocycles. The van der Waals surface area contributed by atoms with Crippen molar-refractivity contribution < 1.29 is 28.7 Å². The van der Waals surface area contributed by atoms with Crippen molar-refractivity contribution in [3.63, 3.8) is 0 Å². The minimum Gasteiger partial charge on any atom is -0.494 e. The number of hydrogen-bond donors (Lipinski definition) is 1. The molecule has 4 aliphatic rings. The number of anilines is 1. The number of unbranched alkanes of at least 4 members (excludes halogenated alkanes) is 2. The van der Waals surface area contributed by atoms with Crippen LogP contribution in [0.4, 0.5) is 5.69 Å². The van der Waals surface area contributed by atoms with E-state index in [1.807, 2.05) is 31.2 Å². The van der Waals surface area contributed by atoms with Crippen LogP contribution in [-0.2, 0) is 23.9 Å². The molecule has 8 nitrogen and oxygen atoms in total. The number of ether oxygens (including phenoxy) is 2. The van der Waals surface area contributed by atoms with Crippen LogP contribution < -0.4 is 10.1 Å². The fourth-order valence-corrected chi connectivity index (χ4v) is 6.89. The predicted molar refractivity (Wildman–Crippen MR) is 156 cm³/mol. The zero-order chi connectivity index (χ0) is 29.2. The van der Waals surface area contributed by atoms with Crippen molar-refractivity contribution in [2.75, 3.05) is 25.1 Å². The maximum Gasteiger partial charge on any atom is 0.306 e. The number of likely N-dealkylation sites (tertiary alicyclic amines) is 1. The molecule has 1 saturated heterocycles. The lowest BCUT2D eigenvalue weighted by Gasteiger charge is -2.45. The van der Waals surface area contributed by atoms with Crippen LogP contribution in [0.2, 0.25) is 0 Å². The number of amides is 3. The Kier molecular flexibility index (Phi) is 7.78. The van der Waals surface area contributed by atoms with Gasteiger partial charge in [-0.2, -0.15) is 0 Å². The van der Waals surface area contributed by atoms with Gasteiger partial charge in [-0.15, -0.1) is 0 Å². The van der Waals surface area contributed by atoms with Gasteiger partial charge in [0.25, 0.3) is 5.91 Å². The van der Waals surface area contributed by atoms with Gasteiger partial charge >= 0.3 is 5.97 Å². The second-order valence-corrected chi connectivity index (χ2v) is 11.1. The summed E-state index contributed by atoms with van der Waals surface area (Å²) in [6.45, 7) is 2.43. The van der Waals surface area contributed by atoms with Crippen molar-refractivity contribution in [3.8, 4) is 5.75 Å². The molecule has 2 bridgehead atoms. The third-order valence-electron chi connectivity index (χ3n) is 8.62. The van der Waals surface area contributed by atoms with Crippen molar-refractivity contribution in [1.82, 2.24) is 4.90 Å². The van der Waals surface area contributed by atoms with Crippen LogP contribution in [0.25, 0.3) is 0 Å². The van der Waals surface area contributed by atoms with Crippen molar-refractivity contribution in [1.29, 1.82) is 0 Å². The number of nitrogens with zero attached hydrogens (tertiary/aromatic N) is 1. The van der Waals surface area contributed by atoms with Gasteiger partial charge in [-0.25, -0.2) is 0 Å². The van der Waals surface area contributed by atoms with E-state index in [1.165, 1.54) is 4.90 Å². The van der Waals surface area contributed by atoms with Crippen LogP contribution >= 0.6 is 0 Å². The van der Waals surface area contributed by atoms with E-state index in [0.29, 0.717) is 43.9 Å². The zero-order valence-electron chi connectivity index (χ0n) is 23.6. The van der Waals surface area contributed by atoms with E-state index >= 15 is 0 Å². The van der Waals surface area contributed by atoms with Crippen LogP contribution in [-0.4, -0.2) is 48.3 Å². The summed E-state index contributed by atoms with van der Waals surface area (Å²) in [5.41, 5.74) is 5.25. The number of hydrogen-bond acceptors (Lipinski definition) is 6. The summed E-state index contributed by atoms with van der Waals surface area (Å²) < 4.78 is 10.5. The number of rotatable bonds is 11. The molecule has 3 aromatic carbocycles. The summed E-state index contributed by atoms with van der Waals surface area (Å²) in [6.07, 6.45) is 1.98. The number of carbonyl (C=O) groups excluding carboxylic acids is 4. The molecule has 0 aromatic heterocycles. The smallest absolute Gasteiger partial charge is 0.306 e. The number of benzene rings is 3. The van der Waals surface area contributed by atoms with Crippen LogP contribution in [0.15, 0.2) is 72.8 Å². The van der Waals surface area contributed by atoms with Gasteiger partial charge in [0, 0.05) is 30.5 Å². The Balaban J connectivity index is 0.972. The van der Waals surface area contributed by atoms with Crippen molar-refractivity contribution in [3.05, 3.63) is 95.1 Å². The summed E-state index contributed by atoms with van der Waals surface area (Å²) in [4.78, 5) is 53.0. The monoisotopic (exact) mass is 566 g/mol. The Labute approximate surface area is 245 Å². The number of nitrogens with one attached hydrogen (secondary N) is 1. The SMILES string of the molecule is CCOc1ccc(NC(=O)COC(=O)CCCCCN2C(=O)[C@H]3C4c5ccccc5C(c5ccccc54)[C@@H]3C2=O)cc1. The van der Waals surface area contributed by atoms with Crippen LogP contribution in [0, 0.1) is 11.8 Å². The molecule has 0 unspecified atom stereocenters. The lowest BCUT2D eigenvalue weighted by molar-refractivity contribution is -0.147. The highest BCUT2D eigenvalue weighted by atomic mass is 16.5. The van der Waals surface area contributed by atoms with Gasteiger partial charge in [0.05, 0.1) is 18.4 Å². The number of esters is 1. The number of imide groups is 1. The molecule has 3 aliphatic carbocycles. The lowest BCUT2D eigenvalue weighted by Crippen LogP contribution is -2.41. The van der Waals surface area contributed by atoms with Gasteiger partial charge in [-0.05, 0) is 66.3 Å².